The van der Waals surface area contributed by atoms with E-state index >= 15 is 0 Å². The number of pyridine rings is 4. The van der Waals surface area contributed by atoms with Gasteiger partial charge >= 0.3 is 0 Å². The molecule has 0 spiro atoms. The van der Waals surface area contributed by atoms with Crippen LogP contribution in [0, 0.1) is 0 Å². The Morgan fingerprint density at radius 2 is 0.667 bits per heavy atom. The summed E-state index contributed by atoms with van der Waals surface area (Å²) in [7, 11) is 0. The summed E-state index contributed by atoms with van der Waals surface area (Å²) >= 11 is 0. The van der Waals surface area contributed by atoms with Crippen molar-refractivity contribution in [2.45, 2.75) is 198 Å². The van der Waals surface area contributed by atoms with Crippen LogP contribution in [0.4, 0.5) is 0 Å². The Bertz CT molecular complexity index is 1590. The number of hydrogen-bond donors (Lipinski definition) is 0. The smallest absolute Gasteiger partial charge is 0.130 e. The molecule has 0 unspecified atom stereocenters. The minimum absolute atomic E-state index is 0.422. The van der Waals surface area contributed by atoms with Crippen LogP contribution in [0.2, 0.25) is 0 Å². The molecule has 0 amide bonds. The van der Waals surface area contributed by atoms with E-state index in [2.05, 4.69) is 205 Å². The second kappa shape index (κ2) is 27.5. The van der Waals surface area contributed by atoms with Crippen molar-refractivity contribution in [2.75, 3.05) is 0 Å². The third kappa shape index (κ3) is 19.8. The summed E-state index contributed by atoms with van der Waals surface area (Å²) in [5, 5.41) is 0. The van der Waals surface area contributed by atoms with Crippen molar-refractivity contribution in [2.24, 2.45) is 0 Å². The van der Waals surface area contributed by atoms with Crippen molar-refractivity contribution in [1.29, 1.82) is 0 Å². The van der Waals surface area contributed by atoms with Gasteiger partial charge in [0.05, 0.1) is 0 Å². The van der Waals surface area contributed by atoms with Gasteiger partial charge in [-0.25, -0.2) is 9.97 Å². The van der Waals surface area contributed by atoms with Gasteiger partial charge in [0.15, 0.2) is 0 Å². The lowest BCUT2D eigenvalue weighted by Crippen LogP contribution is -1.99. The van der Waals surface area contributed by atoms with Gasteiger partial charge in [-0.15, -0.1) is 0 Å². The van der Waals surface area contributed by atoms with Crippen molar-refractivity contribution in [3.63, 3.8) is 0 Å². The predicted octanol–water partition coefficient (Wildman–Crippen LogP) is 16.0. The van der Waals surface area contributed by atoms with Gasteiger partial charge in [0.2, 0.25) is 0 Å². The monoisotopic (exact) mass is 817 g/mol. The van der Waals surface area contributed by atoms with Crippen molar-refractivity contribution in [3.05, 3.63) is 142 Å². The van der Waals surface area contributed by atoms with Crippen LogP contribution in [-0.2, 0) is 0 Å². The van der Waals surface area contributed by atoms with E-state index in [1.54, 1.807) is 0 Å². The second-order valence-corrected chi connectivity index (χ2v) is 19.0. The van der Waals surface area contributed by atoms with Crippen molar-refractivity contribution in [3.8, 4) is 0 Å². The van der Waals surface area contributed by atoms with Gasteiger partial charge < -0.3 is 0 Å². The first-order chi connectivity index (χ1) is 28.1. The topological polar surface area (TPSA) is 77.3 Å². The first kappa shape index (κ1) is 53.7. The maximum absolute atomic E-state index is 4.40. The number of nitrogens with zero attached hydrogens (tertiary/aromatic N) is 6. The highest BCUT2D eigenvalue weighted by Gasteiger charge is 2.09. The van der Waals surface area contributed by atoms with Crippen LogP contribution in [0.5, 0.6) is 0 Å². The van der Waals surface area contributed by atoms with Crippen LogP contribution in [0.15, 0.2) is 86.0 Å². The highest BCUT2D eigenvalue weighted by molar-refractivity contribution is 5.29. The molecule has 0 saturated heterocycles. The Kier molecular flexibility index (Phi) is 24.6. The first-order valence-corrected chi connectivity index (χ1v) is 22.7. The van der Waals surface area contributed by atoms with Gasteiger partial charge in [-0.1, -0.05) is 157 Å². The summed E-state index contributed by atoms with van der Waals surface area (Å²) in [5.41, 5.74) is 11.7. The van der Waals surface area contributed by atoms with Crippen LogP contribution < -0.4 is 0 Å². The second-order valence-electron chi connectivity index (χ2n) is 19.0. The Hall–Kier alpha value is -4.32. The van der Waals surface area contributed by atoms with Crippen LogP contribution in [0.1, 0.15) is 254 Å². The largest absolute Gasteiger partial charge is 0.264 e. The fourth-order valence-electron chi connectivity index (χ4n) is 5.68. The van der Waals surface area contributed by atoms with Crippen molar-refractivity contribution in [1.82, 2.24) is 29.9 Å². The lowest BCUT2D eigenvalue weighted by atomic mass is 9.93. The molecule has 0 bridgehead atoms. The summed E-state index contributed by atoms with van der Waals surface area (Å²) in [6, 6.07) is 13.0. The average Bonchev–Trinajstić information content (AvgIpc) is 3.21. The maximum Gasteiger partial charge on any atom is 0.130 e. The van der Waals surface area contributed by atoms with E-state index in [1.165, 1.54) is 50.3 Å². The van der Waals surface area contributed by atoms with E-state index in [4.69, 9.17) is 0 Å². The van der Waals surface area contributed by atoms with Crippen LogP contribution >= 0.6 is 0 Å². The van der Waals surface area contributed by atoms with Gasteiger partial charge in [0.25, 0.3) is 0 Å². The number of hydrogen-bond acceptors (Lipinski definition) is 6. The molecule has 0 saturated carbocycles. The highest BCUT2D eigenvalue weighted by Crippen LogP contribution is 2.25. The Morgan fingerprint density at radius 1 is 0.283 bits per heavy atom. The van der Waals surface area contributed by atoms with E-state index < -0.39 is 0 Å². The van der Waals surface area contributed by atoms with Crippen molar-refractivity contribution < 1.29 is 0 Å². The summed E-state index contributed by atoms with van der Waals surface area (Å²) < 4.78 is 0. The molecule has 0 aliphatic heterocycles. The van der Waals surface area contributed by atoms with Gasteiger partial charge in [-0.05, 0) is 110 Å². The fourth-order valence-corrected chi connectivity index (χ4v) is 5.68. The van der Waals surface area contributed by atoms with Crippen molar-refractivity contribution >= 4 is 0 Å². The fraction of sp³-hybridized carbons (Fsp3) is 0.556. The third-order valence-electron chi connectivity index (χ3n) is 10.3. The molecule has 0 N–H and O–H groups in total. The molecule has 5 aromatic rings. The van der Waals surface area contributed by atoms with Crippen LogP contribution in [0.3, 0.4) is 0 Å². The molecule has 0 atom stereocenters. The molecule has 5 rings (SSSR count). The zero-order chi connectivity index (χ0) is 45.7. The van der Waals surface area contributed by atoms with E-state index in [1.807, 2.05) is 49.6 Å². The zero-order valence-electron chi connectivity index (χ0n) is 41.5. The van der Waals surface area contributed by atoms with Crippen LogP contribution in [-0.4, -0.2) is 29.9 Å². The minimum Gasteiger partial charge on any atom is -0.264 e. The molecule has 0 aliphatic rings. The first-order valence-electron chi connectivity index (χ1n) is 22.7. The normalized spacial score (nSPS) is 11.2. The van der Waals surface area contributed by atoms with E-state index in [9.17, 15) is 0 Å². The van der Waals surface area contributed by atoms with E-state index in [0.29, 0.717) is 59.2 Å². The average molecular weight is 817 g/mol. The van der Waals surface area contributed by atoms with Gasteiger partial charge in [-0.3, -0.25) is 19.9 Å². The lowest BCUT2D eigenvalue weighted by molar-refractivity contribution is 0.754. The predicted molar refractivity (Wildman–Crippen MR) is 260 cm³/mol. The maximum atomic E-state index is 4.40. The molecule has 6 heteroatoms. The third-order valence-corrected chi connectivity index (χ3v) is 10.3. The lowest BCUT2D eigenvalue weighted by Gasteiger charge is -2.14. The summed E-state index contributed by atoms with van der Waals surface area (Å²) in [4.78, 5) is 25.8. The quantitative estimate of drug-likeness (QED) is 0.140. The SMILES string of the molecule is CC(C)c1ccc(C(C)C)nc1.CC(C)c1ccc(C(C)C)nc1.CC(C)c1ccncc1C(C)C.CC(C)c1cnc(C(C)C)nc1.CC(C)c1cncc(C(C)C)c1. The molecular weight excluding hydrogens is 733 g/mol. The molecule has 0 aliphatic carbocycles. The van der Waals surface area contributed by atoms with Gasteiger partial charge in [0.1, 0.15) is 5.82 Å². The van der Waals surface area contributed by atoms with E-state index in [-0.39, 0.29) is 0 Å². The van der Waals surface area contributed by atoms with Gasteiger partial charge in [0, 0.05) is 66.9 Å². The Labute approximate surface area is 368 Å². The molecule has 6 nitrogen and oxygen atoms in total. The zero-order valence-corrected chi connectivity index (χ0v) is 41.5. The minimum atomic E-state index is 0.422. The summed E-state index contributed by atoms with van der Waals surface area (Å²) in [6.07, 6.45) is 15.6. The number of rotatable bonds is 10. The summed E-state index contributed by atoms with van der Waals surface area (Å²) in [5.74, 6) is 6.44. The molecule has 0 radical (unpaired) electrons. The summed E-state index contributed by atoms with van der Waals surface area (Å²) in [6.45, 7) is 43.6. The molecule has 60 heavy (non-hydrogen) atoms. The molecular formula is C54H84N6. The highest BCUT2D eigenvalue weighted by atomic mass is 14.9. The van der Waals surface area contributed by atoms with E-state index in [0.717, 1.165) is 5.82 Å². The van der Waals surface area contributed by atoms with Gasteiger partial charge in [-0.2, -0.15) is 0 Å². The molecule has 330 valence electrons. The van der Waals surface area contributed by atoms with Crippen LogP contribution in [0.25, 0.3) is 0 Å². The molecule has 0 fully saturated rings. The molecule has 0 aromatic carbocycles. The Morgan fingerprint density at radius 3 is 0.950 bits per heavy atom. The number of aromatic nitrogens is 6. The molecule has 5 aromatic heterocycles. The standard InChI is InChI=1S/4C11H17N.C10H16N2/c1-8(2)10-5-11(9(3)4)7-12-6-10;1-8(2)10-5-6-12-7-11(10)9(3)4;2*1-8(2)10-5-6-11(9(3)4)12-7-10;1-7(2)9-5-11-10(8(3)4)12-6-9/h4*5-9H,1-4H3;5-8H,1-4H3. The Balaban J connectivity index is 0.000000375. The molecule has 5 heterocycles.